The normalized spacial score (nSPS) is 9.42. The summed E-state index contributed by atoms with van der Waals surface area (Å²) in [4.78, 5) is 22.9. The lowest BCUT2D eigenvalue weighted by molar-refractivity contribution is 0.0593. The molecular weight excluding hydrogens is 248 g/mol. The molecule has 0 amide bonds. The molecule has 0 fully saturated rings. The number of carbonyl (C=O) groups excluding carboxylic acids is 1. The van der Waals surface area contributed by atoms with E-state index in [-0.39, 0.29) is 22.9 Å². The predicted molar refractivity (Wildman–Crippen MR) is 59.9 cm³/mol. The van der Waals surface area contributed by atoms with Crippen LogP contribution in [0.1, 0.15) is 21.9 Å². The first-order valence-corrected chi connectivity index (χ1v) is 4.99. The molecule has 0 spiro atoms. The maximum atomic E-state index is 11.3. The van der Waals surface area contributed by atoms with Crippen molar-refractivity contribution in [2.75, 3.05) is 7.11 Å². The molecule has 0 bridgehead atoms. The minimum absolute atomic E-state index is 0.00361. The minimum Gasteiger partial charge on any atom is -0.464 e. The van der Waals surface area contributed by atoms with Crippen molar-refractivity contribution in [1.29, 1.82) is 10.5 Å². The summed E-state index contributed by atoms with van der Waals surface area (Å²) in [7, 11) is 1.22. The first-order chi connectivity index (χ1) is 9.21. The number of rotatable bonds is 2. The van der Waals surface area contributed by atoms with E-state index in [1.807, 2.05) is 6.07 Å². The Morgan fingerprint density at radius 2 is 2.16 bits per heavy atom. The van der Waals surface area contributed by atoms with Gasteiger partial charge in [-0.3, -0.25) is 9.55 Å². The van der Waals surface area contributed by atoms with Gasteiger partial charge < -0.3 is 4.74 Å². The number of nitrogens with zero attached hydrogens (tertiary/aromatic N) is 6. The van der Waals surface area contributed by atoms with Crippen molar-refractivity contribution in [2.45, 2.75) is 0 Å². The smallest absolute Gasteiger partial charge is 0.358 e. The standard InChI is InChI=1S/C11H6N6O2/c1-19-11(18)8-4-14-5-10(16-8)17-6-15-7(2-12)9(17)3-13/h4-6H,1H3. The van der Waals surface area contributed by atoms with E-state index in [4.69, 9.17) is 10.5 Å². The Hall–Kier alpha value is -3.26. The van der Waals surface area contributed by atoms with Crippen molar-refractivity contribution in [2.24, 2.45) is 0 Å². The molecule has 0 aliphatic carbocycles. The van der Waals surface area contributed by atoms with Crippen LogP contribution in [0.25, 0.3) is 5.82 Å². The molecule has 0 aliphatic heterocycles. The summed E-state index contributed by atoms with van der Waals surface area (Å²) >= 11 is 0. The maximum Gasteiger partial charge on any atom is 0.358 e. The van der Waals surface area contributed by atoms with Crippen molar-refractivity contribution in [3.8, 4) is 18.0 Å². The number of esters is 1. The Morgan fingerprint density at radius 3 is 2.79 bits per heavy atom. The molecule has 2 rings (SSSR count). The topological polar surface area (TPSA) is 117 Å². The molecule has 0 saturated carbocycles. The Balaban J connectivity index is 2.55. The molecule has 8 nitrogen and oxygen atoms in total. The van der Waals surface area contributed by atoms with Gasteiger partial charge in [-0.25, -0.2) is 14.8 Å². The van der Waals surface area contributed by atoms with Gasteiger partial charge in [-0.15, -0.1) is 0 Å². The predicted octanol–water partition coefficient (Wildman–Crippen LogP) is 0.192. The van der Waals surface area contributed by atoms with Gasteiger partial charge in [0.1, 0.15) is 18.5 Å². The van der Waals surface area contributed by atoms with Crippen LogP contribution in [0.15, 0.2) is 18.7 Å². The van der Waals surface area contributed by atoms with Crippen LogP contribution in [-0.4, -0.2) is 32.6 Å². The van der Waals surface area contributed by atoms with Crippen molar-refractivity contribution in [3.63, 3.8) is 0 Å². The van der Waals surface area contributed by atoms with Crippen LogP contribution in [0.4, 0.5) is 0 Å². The van der Waals surface area contributed by atoms with E-state index >= 15 is 0 Å². The zero-order valence-corrected chi connectivity index (χ0v) is 9.73. The molecule has 92 valence electrons. The van der Waals surface area contributed by atoms with Gasteiger partial charge in [0, 0.05) is 0 Å². The zero-order valence-electron chi connectivity index (χ0n) is 9.73. The lowest BCUT2D eigenvalue weighted by atomic mass is 10.3. The average Bonchev–Trinajstić information content (AvgIpc) is 2.89. The summed E-state index contributed by atoms with van der Waals surface area (Å²) in [6, 6.07) is 3.64. The van der Waals surface area contributed by atoms with Gasteiger partial charge in [-0.05, 0) is 0 Å². The maximum absolute atomic E-state index is 11.3. The molecule has 0 N–H and O–H groups in total. The summed E-state index contributed by atoms with van der Waals surface area (Å²) in [6.45, 7) is 0. The van der Waals surface area contributed by atoms with Gasteiger partial charge in [-0.1, -0.05) is 0 Å². The molecule has 2 heterocycles. The number of carbonyl (C=O) groups is 1. The fourth-order valence-corrected chi connectivity index (χ4v) is 1.39. The lowest BCUT2D eigenvalue weighted by Crippen LogP contribution is -2.08. The van der Waals surface area contributed by atoms with Gasteiger partial charge in [0.2, 0.25) is 0 Å². The fourth-order valence-electron chi connectivity index (χ4n) is 1.39. The van der Waals surface area contributed by atoms with Crippen LogP contribution < -0.4 is 0 Å². The van der Waals surface area contributed by atoms with Gasteiger partial charge in [0.15, 0.2) is 22.9 Å². The molecule has 8 heteroatoms. The lowest BCUT2D eigenvalue weighted by Gasteiger charge is -2.03. The van der Waals surface area contributed by atoms with E-state index in [0.717, 1.165) is 0 Å². The Morgan fingerprint density at radius 1 is 1.37 bits per heavy atom. The molecule has 0 unspecified atom stereocenters. The van der Waals surface area contributed by atoms with Crippen LogP contribution in [0.5, 0.6) is 0 Å². The summed E-state index contributed by atoms with van der Waals surface area (Å²) in [5, 5.41) is 17.8. The van der Waals surface area contributed by atoms with E-state index in [1.54, 1.807) is 6.07 Å². The minimum atomic E-state index is -0.645. The highest BCUT2D eigenvalue weighted by Crippen LogP contribution is 2.11. The first kappa shape index (κ1) is 12.2. The van der Waals surface area contributed by atoms with Gasteiger partial charge >= 0.3 is 5.97 Å². The number of methoxy groups -OCH3 is 1. The molecule has 2 aromatic heterocycles. The van der Waals surface area contributed by atoms with Crippen molar-refractivity contribution in [1.82, 2.24) is 19.5 Å². The molecule has 2 aromatic rings. The van der Waals surface area contributed by atoms with Crippen molar-refractivity contribution < 1.29 is 9.53 Å². The number of imidazole rings is 1. The molecule has 0 saturated heterocycles. The second-order valence-electron chi connectivity index (χ2n) is 3.29. The van der Waals surface area contributed by atoms with Crippen molar-refractivity contribution >= 4 is 5.97 Å². The van der Waals surface area contributed by atoms with E-state index in [0.29, 0.717) is 0 Å². The average molecular weight is 254 g/mol. The third-order valence-electron chi connectivity index (χ3n) is 2.24. The summed E-state index contributed by atoms with van der Waals surface area (Å²) in [6.07, 6.45) is 3.85. The van der Waals surface area contributed by atoms with Gasteiger partial charge in [0.25, 0.3) is 0 Å². The Bertz CT molecular complexity index is 722. The fraction of sp³-hybridized carbons (Fsp3) is 0.0909. The molecule has 19 heavy (non-hydrogen) atoms. The number of hydrogen-bond donors (Lipinski definition) is 0. The summed E-state index contributed by atoms with van der Waals surface area (Å²) < 4.78 is 5.80. The Kier molecular flexibility index (Phi) is 3.17. The zero-order chi connectivity index (χ0) is 13.8. The highest BCUT2D eigenvalue weighted by Gasteiger charge is 2.15. The van der Waals surface area contributed by atoms with Crippen LogP contribution >= 0.6 is 0 Å². The second kappa shape index (κ2) is 4.94. The third kappa shape index (κ3) is 2.10. The molecule has 0 aliphatic rings. The highest BCUT2D eigenvalue weighted by molar-refractivity contribution is 5.86. The van der Waals surface area contributed by atoms with Crippen LogP contribution in [0.2, 0.25) is 0 Å². The SMILES string of the molecule is COC(=O)c1cncc(-n2cnc(C#N)c2C#N)n1. The van der Waals surface area contributed by atoms with Crippen LogP contribution in [0.3, 0.4) is 0 Å². The number of nitriles is 2. The first-order valence-electron chi connectivity index (χ1n) is 4.99. The van der Waals surface area contributed by atoms with Crippen LogP contribution in [-0.2, 0) is 4.74 Å². The van der Waals surface area contributed by atoms with E-state index in [9.17, 15) is 4.79 Å². The van der Waals surface area contributed by atoms with E-state index in [2.05, 4.69) is 19.7 Å². The monoisotopic (exact) mass is 254 g/mol. The van der Waals surface area contributed by atoms with E-state index < -0.39 is 5.97 Å². The molecule has 0 radical (unpaired) electrons. The quantitative estimate of drug-likeness (QED) is 0.702. The van der Waals surface area contributed by atoms with Gasteiger partial charge in [0.05, 0.1) is 19.5 Å². The van der Waals surface area contributed by atoms with Gasteiger partial charge in [-0.2, -0.15) is 10.5 Å². The number of ether oxygens (including phenoxy) is 1. The van der Waals surface area contributed by atoms with Crippen LogP contribution in [0, 0.1) is 22.7 Å². The number of hydrogen-bond acceptors (Lipinski definition) is 7. The second-order valence-corrected chi connectivity index (χ2v) is 3.29. The molecule has 0 atom stereocenters. The third-order valence-corrected chi connectivity index (χ3v) is 2.24. The summed E-state index contributed by atoms with van der Waals surface area (Å²) in [5.41, 5.74) is 0.00249. The largest absolute Gasteiger partial charge is 0.464 e. The summed E-state index contributed by atoms with van der Waals surface area (Å²) in [5.74, 6) is -0.443. The highest BCUT2D eigenvalue weighted by atomic mass is 16.5. The molecular formula is C11H6N6O2. The number of aromatic nitrogens is 4. The Labute approximate surface area is 107 Å². The molecule has 0 aromatic carbocycles. The van der Waals surface area contributed by atoms with Crippen molar-refractivity contribution in [3.05, 3.63) is 35.8 Å². The van der Waals surface area contributed by atoms with E-state index in [1.165, 1.54) is 30.4 Å².